The lowest BCUT2D eigenvalue weighted by Gasteiger charge is -2.28. The minimum atomic E-state index is -0.522. The predicted molar refractivity (Wildman–Crippen MR) is 94.3 cm³/mol. The lowest BCUT2D eigenvalue weighted by molar-refractivity contribution is 0.0596. The van der Waals surface area contributed by atoms with Gasteiger partial charge in [-0.1, -0.05) is 0 Å². The van der Waals surface area contributed by atoms with Gasteiger partial charge in [0.2, 0.25) is 0 Å². The number of nitrogens with zero attached hydrogens (tertiary/aromatic N) is 1. The van der Waals surface area contributed by atoms with E-state index in [1.54, 1.807) is 25.1 Å². The molecule has 2 aromatic rings. The Kier molecular flexibility index (Phi) is 5.04. The molecule has 1 fully saturated rings. The molecular weight excluding hydrogens is 322 g/mol. The van der Waals surface area contributed by atoms with Gasteiger partial charge in [-0.2, -0.15) is 0 Å². The fourth-order valence-electron chi connectivity index (χ4n) is 2.79. The van der Waals surface area contributed by atoms with Crippen LogP contribution in [0.25, 0.3) is 0 Å². The van der Waals surface area contributed by atoms with Crippen molar-refractivity contribution in [1.29, 1.82) is 0 Å². The molecule has 25 heavy (non-hydrogen) atoms. The van der Waals surface area contributed by atoms with Crippen molar-refractivity contribution in [2.75, 3.05) is 43.6 Å². The molecule has 2 heterocycles. The number of ether oxygens (including phenoxy) is 2. The number of hydrogen-bond donors (Lipinski definition) is 2. The van der Waals surface area contributed by atoms with Crippen LogP contribution in [0.4, 0.5) is 11.4 Å². The number of esters is 1. The smallest absolute Gasteiger partial charge is 0.356 e. The minimum Gasteiger partial charge on any atom is -0.464 e. The van der Waals surface area contributed by atoms with Crippen LogP contribution in [0.15, 0.2) is 30.3 Å². The molecule has 1 saturated heterocycles. The van der Waals surface area contributed by atoms with E-state index in [4.69, 9.17) is 9.47 Å². The van der Waals surface area contributed by atoms with E-state index in [9.17, 15) is 9.59 Å². The summed E-state index contributed by atoms with van der Waals surface area (Å²) in [5, 5.41) is 2.76. The second-order valence-electron chi connectivity index (χ2n) is 5.83. The van der Waals surface area contributed by atoms with Crippen LogP contribution >= 0.6 is 0 Å². The molecule has 0 aliphatic carbocycles. The molecule has 2 N–H and O–H groups in total. The van der Waals surface area contributed by atoms with Gasteiger partial charge >= 0.3 is 5.97 Å². The number of benzene rings is 1. The van der Waals surface area contributed by atoms with Crippen LogP contribution in [0.3, 0.4) is 0 Å². The Balaban J connectivity index is 1.72. The van der Waals surface area contributed by atoms with E-state index in [0.29, 0.717) is 24.5 Å². The molecule has 1 aliphatic rings. The Morgan fingerprint density at radius 1 is 1.20 bits per heavy atom. The topological polar surface area (TPSA) is 83.7 Å². The fourth-order valence-corrected chi connectivity index (χ4v) is 2.79. The number of aromatic amines is 1. The molecule has 0 atom stereocenters. The van der Waals surface area contributed by atoms with E-state index >= 15 is 0 Å². The Morgan fingerprint density at radius 3 is 2.52 bits per heavy atom. The molecular formula is C18H21N3O4. The van der Waals surface area contributed by atoms with Crippen LogP contribution < -0.4 is 10.2 Å². The quantitative estimate of drug-likeness (QED) is 0.832. The van der Waals surface area contributed by atoms with E-state index in [2.05, 4.69) is 15.2 Å². The predicted octanol–water partition coefficient (Wildman–Crippen LogP) is 2.20. The molecule has 3 rings (SSSR count). The van der Waals surface area contributed by atoms with Crippen LogP contribution in [-0.4, -0.2) is 50.3 Å². The Morgan fingerprint density at radius 2 is 1.88 bits per heavy atom. The number of rotatable bonds is 4. The number of nitrogens with one attached hydrogen (secondary N) is 2. The van der Waals surface area contributed by atoms with Gasteiger partial charge in [0.1, 0.15) is 5.69 Å². The zero-order chi connectivity index (χ0) is 17.8. The third kappa shape index (κ3) is 3.83. The minimum absolute atomic E-state index is 0.235. The molecule has 132 valence electrons. The summed E-state index contributed by atoms with van der Waals surface area (Å²) >= 11 is 0. The van der Waals surface area contributed by atoms with Crippen LogP contribution in [-0.2, 0) is 9.47 Å². The molecule has 0 radical (unpaired) electrons. The summed E-state index contributed by atoms with van der Waals surface area (Å²) in [5.74, 6) is -0.802. The summed E-state index contributed by atoms with van der Waals surface area (Å²) < 4.78 is 10.1. The van der Waals surface area contributed by atoms with Gasteiger partial charge in [-0.3, -0.25) is 4.79 Å². The van der Waals surface area contributed by atoms with Crippen molar-refractivity contribution < 1.29 is 19.1 Å². The van der Waals surface area contributed by atoms with Gasteiger partial charge in [0.25, 0.3) is 5.91 Å². The highest BCUT2D eigenvalue weighted by Crippen LogP contribution is 2.20. The first kappa shape index (κ1) is 17.0. The van der Waals surface area contributed by atoms with Crippen molar-refractivity contribution in [2.45, 2.75) is 6.92 Å². The normalized spacial score (nSPS) is 14.2. The summed E-state index contributed by atoms with van der Waals surface area (Å²) in [5.41, 5.74) is 2.99. The number of H-pyrrole nitrogens is 1. The van der Waals surface area contributed by atoms with Gasteiger partial charge in [0.05, 0.1) is 26.0 Å². The van der Waals surface area contributed by atoms with Crippen molar-refractivity contribution in [3.63, 3.8) is 0 Å². The number of morpholine rings is 1. The highest BCUT2D eigenvalue weighted by molar-refractivity contribution is 6.07. The van der Waals surface area contributed by atoms with Gasteiger partial charge in [-0.05, 0) is 37.3 Å². The van der Waals surface area contributed by atoms with Crippen molar-refractivity contribution >= 4 is 23.3 Å². The number of anilines is 2. The average Bonchev–Trinajstić information content (AvgIpc) is 3.02. The molecule has 1 amide bonds. The monoisotopic (exact) mass is 343 g/mol. The number of aryl methyl sites for hydroxylation is 1. The summed E-state index contributed by atoms with van der Waals surface area (Å²) in [6, 6.07) is 9.09. The lowest BCUT2D eigenvalue weighted by atomic mass is 10.1. The van der Waals surface area contributed by atoms with Crippen molar-refractivity contribution in [1.82, 2.24) is 4.98 Å². The number of hydrogen-bond acceptors (Lipinski definition) is 5. The van der Waals surface area contributed by atoms with Gasteiger partial charge in [0, 0.05) is 30.0 Å². The number of carbonyl (C=O) groups is 2. The summed E-state index contributed by atoms with van der Waals surface area (Å²) in [6.45, 7) is 4.92. The third-order valence-electron chi connectivity index (χ3n) is 4.10. The van der Waals surface area contributed by atoms with Crippen molar-refractivity contribution in [3.8, 4) is 0 Å². The standard InChI is InChI=1S/C18H21N3O4/c1-12-11-15(16(19-12)18(23)24-2)20-17(22)13-3-5-14(6-4-13)21-7-9-25-10-8-21/h3-6,11,19H,7-10H2,1-2H3,(H,20,22). The van der Waals surface area contributed by atoms with E-state index in [-0.39, 0.29) is 11.6 Å². The molecule has 1 aromatic carbocycles. The van der Waals surface area contributed by atoms with Gasteiger partial charge in [-0.25, -0.2) is 4.79 Å². The van der Waals surface area contributed by atoms with E-state index in [1.807, 2.05) is 12.1 Å². The first-order valence-corrected chi connectivity index (χ1v) is 8.10. The lowest BCUT2D eigenvalue weighted by Crippen LogP contribution is -2.36. The molecule has 0 spiro atoms. The maximum absolute atomic E-state index is 12.5. The van der Waals surface area contributed by atoms with Crippen LogP contribution in [0.2, 0.25) is 0 Å². The molecule has 1 aliphatic heterocycles. The Labute approximate surface area is 145 Å². The van der Waals surface area contributed by atoms with Gasteiger partial charge in [-0.15, -0.1) is 0 Å². The zero-order valence-electron chi connectivity index (χ0n) is 14.3. The molecule has 0 unspecified atom stereocenters. The molecule has 7 heteroatoms. The van der Waals surface area contributed by atoms with Crippen LogP contribution in [0.5, 0.6) is 0 Å². The Bertz CT molecular complexity index is 761. The second-order valence-corrected chi connectivity index (χ2v) is 5.83. The second kappa shape index (κ2) is 7.40. The first-order chi connectivity index (χ1) is 12.1. The number of aromatic nitrogens is 1. The highest BCUT2D eigenvalue weighted by Gasteiger charge is 2.18. The number of amides is 1. The summed E-state index contributed by atoms with van der Waals surface area (Å²) in [4.78, 5) is 29.3. The summed E-state index contributed by atoms with van der Waals surface area (Å²) in [6.07, 6.45) is 0. The molecule has 0 saturated carbocycles. The zero-order valence-corrected chi connectivity index (χ0v) is 14.3. The molecule has 1 aromatic heterocycles. The van der Waals surface area contributed by atoms with E-state index in [0.717, 1.165) is 24.5 Å². The van der Waals surface area contributed by atoms with E-state index < -0.39 is 5.97 Å². The van der Waals surface area contributed by atoms with Crippen LogP contribution in [0.1, 0.15) is 26.5 Å². The van der Waals surface area contributed by atoms with Crippen molar-refractivity contribution in [3.05, 3.63) is 47.3 Å². The molecule has 7 nitrogen and oxygen atoms in total. The van der Waals surface area contributed by atoms with E-state index in [1.165, 1.54) is 7.11 Å². The molecule has 0 bridgehead atoms. The van der Waals surface area contributed by atoms with Gasteiger partial charge < -0.3 is 24.7 Å². The third-order valence-corrected chi connectivity index (χ3v) is 4.10. The average molecular weight is 343 g/mol. The number of carbonyl (C=O) groups excluding carboxylic acids is 2. The van der Waals surface area contributed by atoms with Gasteiger partial charge in [0.15, 0.2) is 0 Å². The highest BCUT2D eigenvalue weighted by atomic mass is 16.5. The number of methoxy groups -OCH3 is 1. The first-order valence-electron chi connectivity index (χ1n) is 8.10. The largest absolute Gasteiger partial charge is 0.464 e. The maximum atomic E-state index is 12.5. The summed E-state index contributed by atoms with van der Waals surface area (Å²) in [7, 11) is 1.30. The van der Waals surface area contributed by atoms with Crippen molar-refractivity contribution in [2.24, 2.45) is 0 Å². The SMILES string of the molecule is COC(=O)c1[nH]c(C)cc1NC(=O)c1ccc(N2CCOCC2)cc1. The Hall–Kier alpha value is -2.80. The fraction of sp³-hybridized carbons (Fsp3) is 0.333. The van der Waals surface area contributed by atoms with Crippen LogP contribution in [0, 0.1) is 6.92 Å². The maximum Gasteiger partial charge on any atom is 0.356 e.